The van der Waals surface area contributed by atoms with Gasteiger partial charge >= 0.3 is 19.8 Å². The zero-order valence-electron chi connectivity index (χ0n) is 33.1. The van der Waals surface area contributed by atoms with E-state index in [9.17, 15) is 23.9 Å². The van der Waals surface area contributed by atoms with Gasteiger partial charge in [-0.15, -0.1) is 0 Å². The van der Waals surface area contributed by atoms with Crippen LogP contribution in [0.25, 0.3) is 10.4 Å². The molecule has 0 spiro atoms. The highest BCUT2D eigenvalue weighted by atomic mass is 31.2. The average molecular weight is 758 g/mol. The minimum absolute atomic E-state index is 0.103. The van der Waals surface area contributed by atoms with Crippen LogP contribution in [0.4, 0.5) is 0 Å². The Balaban J connectivity index is 4.41. The van der Waals surface area contributed by atoms with Gasteiger partial charge in [0, 0.05) is 17.8 Å². The molecule has 0 amide bonds. The molecule has 11 nitrogen and oxygen atoms in total. The summed E-state index contributed by atoms with van der Waals surface area (Å²) in [5, 5.41) is 3.48. The van der Waals surface area contributed by atoms with Crippen molar-refractivity contribution < 1.29 is 37.9 Å². The van der Waals surface area contributed by atoms with E-state index >= 15 is 0 Å². The number of phosphoric ester groups is 1. The summed E-state index contributed by atoms with van der Waals surface area (Å²) in [6.07, 6.45) is 35.0. The minimum Gasteiger partial charge on any atom is -0.458 e. The highest BCUT2D eigenvalue weighted by Crippen LogP contribution is 2.36. The number of carbonyl (C=O) groups excluding carboxylic acids is 2. The zero-order chi connectivity index (χ0) is 38.4. The maximum Gasteiger partial charge on any atom is 0.469 e. The molecule has 0 saturated heterocycles. The van der Waals surface area contributed by atoms with Crippen molar-refractivity contribution in [2.45, 2.75) is 219 Å². The lowest BCUT2D eigenvalue weighted by Gasteiger charge is -2.26. The first kappa shape index (κ1) is 50.1. The summed E-state index contributed by atoms with van der Waals surface area (Å²) in [5.74, 6) is -1.15. The highest BCUT2D eigenvalue weighted by molar-refractivity contribution is 7.46. The molecule has 0 rings (SSSR count). The lowest BCUT2D eigenvalue weighted by Crippen LogP contribution is -2.40. The van der Waals surface area contributed by atoms with Gasteiger partial charge in [-0.3, -0.25) is 14.1 Å². The molecule has 0 heterocycles. The summed E-state index contributed by atoms with van der Waals surface area (Å²) < 4.78 is 27.0. The smallest absolute Gasteiger partial charge is 0.458 e. The molecular weight excluding hydrogens is 681 g/mol. The second kappa shape index (κ2) is 37.4. The van der Waals surface area contributed by atoms with Crippen LogP contribution < -0.4 is 0 Å². The Morgan fingerprint density at radius 1 is 0.596 bits per heavy atom. The summed E-state index contributed by atoms with van der Waals surface area (Å²) in [6, 6.07) is 0. The molecule has 0 aromatic carbocycles. The van der Waals surface area contributed by atoms with Crippen LogP contribution in [0.1, 0.15) is 206 Å². The van der Waals surface area contributed by atoms with Gasteiger partial charge in [0.1, 0.15) is 6.10 Å². The Morgan fingerprint density at radius 2 is 0.942 bits per heavy atom. The van der Waals surface area contributed by atoms with Crippen molar-refractivity contribution in [2.75, 3.05) is 13.2 Å². The SMILES string of the molecule is CCCCCCCC/C=C\CCCCCCCC(=O)O[C@@H](COP(=O)(O)O)[C@H](CN=[N+]=[N-])OC(=O)CCCCCCCCCCCCCCCCC. The number of rotatable bonds is 39. The van der Waals surface area contributed by atoms with Crippen LogP contribution in [0.5, 0.6) is 0 Å². The molecule has 2 N–H and O–H groups in total. The van der Waals surface area contributed by atoms with Gasteiger partial charge in [-0.2, -0.15) is 0 Å². The number of allylic oxidation sites excluding steroid dienone is 2. The van der Waals surface area contributed by atoms with Crippen LogP contribution >= 0.6 is 7.82 Å². The highest BCUT2D eigenvalue weighted by Gasteiger charge is 2.31. The quantitative estimate of drug-likeness (QED) is 0.0119. The molecule has 0 aliphatic rings. The summed E-state index contributed by atoms with van der Waals surface area (Å²) in [5.41, 5.74) is 8.88. The van der Waals surface area contributed by atoms with Crippen molar-refractivity contribution in [3.63, 3.8) is 0 Å². The summed E-state index contributed by atoms with van der Waals surface area (Å²) in [4.78, 5) is 46.6. The Kier molecular flexibility index (Phi) is 36.0. The zero-order valence-corrected chi connectivity index (χ0v) is 34.0. The lowest BCUT2D eigenvalue weighted by atomic mass is 10.0. The molecule has 52 heavy (non-hydrogen) atoms. The fraction of sp³-hybridized carbons (Fsp3) is 0.900. The van der Waals surface area contributed by atoms with Gasteiger partial charge in [-0.1, -0.05) is 172 Å². The van der Waals surface area contributed by atoms with Crippen LogP contribution in [0.3, 0.4) is 0 Å². The predicted octanol–water partition coefficient (Wildman–Crippen LogP) is 12.5. The van der Waals surface area contributed by atoms with Gasteiger partial charge in [0.15, 0.2) is 6.10 Å². The topological polar surface area (TPSA) is 168 Å². The predicted molar refractivity (Wildman–Crippen MR) is 211 cm³/mol. The molecule has 0 aliphatic carbocycles. The number of nitrogens with zero attached hydrogens (tertiary/aromatic N) is 3. The first-order valence-electron chi connectivity index (χ1n) is 21.0. The Hall–Kier alpha value is -1.90. The lowest BCUT2D eigenvalue weighted by molar-refractivity contribution is -0.170. The van der Waals surface area contributed by atoms with Gasteiger partial charge < -0.3 is 19.3 Å². The minimum atomic E-state index is -4.90. The van der Waals surface area contributed by atoms with Crippen molar-refractivity contribution in [2.24, 2.45) is 5.11 Å². The third-order valence-electron chi connectivity index (χ3n) is 9.34. The molecule has 0 aromatic heterocycles. The van der Waals surface area contributed by atoms with E-state index in [1.54, 1.807) is 0 Å². The molecule has 0 aliphatic heterocycles. The summed E-state index contributed by atoms with van der Waals surface area (Å²) >= 11 is 0. The van der Waals surface area contributed by atoms with Gasteiger partial charge in [0.2, 0.25) is 0 Å². The first-order chi connectivity index (χ1) is 25.2. The normalized spacial score (nSPS) is 12.8. The number of hydrogen-bond acceptors (Lipinski definition) is 7. The number of esters is 2. The monoisotopic (exact) mass is 758 g/mol. The van der Waals surface area contributed by atoms with Gasteiger partial charge in [0.25, 0.3) is 0 Å². The van der Waals surface area contributed by atoms with Crippen molar-refractivity contribution in [3.8, 4) is 0 Å². The number of unbranched alkanes of at least 4 members (excludes halogenated alkanes) is 25. The molecule has 0 radical (unpaired) electrons. The largest absolute Gasteiger partial charge is 0.469 e. The van der Waals surface area contributed by atoms with E-state index in [1.165, 1.54) is 109 Å². The number of hydrogen-bond donors (Lipinski definition) is 2. The van der Waals surface area contributed by atoms with E-state index in [1.807, 2.05) is 0 Å². The Bertz CT molecular complexity index is 970. The molecule has 2 atom stereocenters. The van der Waals surface area contributed by atoms with Gasteiger partial charge in [-0.05, 0) is 44.1 Å². The summed E-state index contributed by atoms with van der Waals surface area (Å²) in [7, 11) is -4.90. The second-order valence-electron chi connectivity index (χ2n) is 14.3. The van der Waals surface area contributed by atoms with Crippen molar-refractivity contribution in [3.05, 3.63) is 22.6 Å². The van der Waals surface area contributed by atoms with Crippen LogP contribution in [0.2, 0.25) is 0 Å². The Morgan fingerprint density at radius 3 is 1.31 bits per heavy atom. The van der Waals surface area contributed by atoms with E-state index in [0.717, 1.165) is 57.8 Å². The van der Waals surface area contributed by atoms with Gasteiger partial charge in [-0.25, -0.2) is 4.57 Å². The van der Waals surface area contributed by atoms with E-state index in [4.69, 9.17) is 15.0 Å². The summed E-state index contributed by atoms with van der Waals surface area (Å²) in [6.45, 7) is 3.41. The van der Waals surface area contributed by atoms with Gasteiger partial charge in [0.05, 0.1) is 13.2 Å². The average Bonchev–Trinajstić information content (AvgIpc) is 3.11. The van der Waals surface area contributed by atoms with Crippen LogP contribution in [-0.2, 0) is 28.2 Å². The number of phosphoric acid groups is 1. The standard InChI is InChI=1S/C40H76N3O8P/c1-3-5-7-9-11-13-15-17-19-21-23-25-27-29-31-33-39(44)50-37(35-42-43-41)38(36-49-52(46,47)48)51-40(45)34-32-30-28-26-24-22-20-18-16-14-12-10-8-6-4-2/h18,20,37-38H,3-17,19,21-36H2,1-2H3,(H2,46,47,48)/b20-18-/t37-,38-/m0/s1. The molecule has 12 heteroatoms. The second-order valence-corrected chi connectivity index (χ2v) is 15.5. The van der Waals surface area contributed by atoms with Crippen molar-refractivity contribution >= 4 is 19.8 Å². The maximum absolute atomic E-state index is 12.7. The molecule has 304 valence electrons. The van der Waals surface area contributed by atoms with E-state index in [0.29, 0.717) is 12.8 Å². The molecule has 0 aromatic rings. The van der Waals surface area contributed by atoms with Crippen molar-refractivity contribution in [1.82, 2.24) is 0 Å². The van der Waals surface area contributed by atoms with Crippen LogP contribution in [0, 0.1) is 0 Å². The number of carbonyl (C=O) groups is 2. The molecule has 0 saturated carbocycles. The molecule has 0 fully saturated rings. The van der Waals surface area contributed by atoms with E-state index in [-0.39, 0.29) is 19.4 Å². The fourth-order valence-corrected chi connectivity index (χ4v) is 6.51. The maximum atomic E-state index is 12.7. The number of ether oxygens (including phenoxy) is 2. The van der Waals surface area contributed by atoms with Crippen LogP contribution in [-0.4, -0.2) is 47.1 Å². The van der Waals surface area contributed by atoms with Crippen LogP contribution in [0.15, 0.2) is 17.3 Å². The fourth-order valence-electron chi connectivity index (χ4n) is 6.17. The molecule has 0 bridgehead atoms. The first-order valence-corrected chi connectivity index (χ1v) is 22.5. The number of azide groups is 1. The van der Waals surface area contributed by atoms with E-state index < -0.39 is 38.6 Å². The third kappa shape index (κ3) is 36.5. The van der Waals surface area contributed by atoms with E-state index in [2.05, 4.69) is 40.5 Å². The third-order valence-corrected chi connectivity index (χ3v) is 9.82. The molecular formula is C40H76N3O8P. The molecule has 0 unspecified atom stereocenters. The Labute approximate surface area is 316 Å². The van der Waals surface area contributed by atoms with Crippen molar-refractivity contribution in [1.29, 1.82) is 0 Å².